The number of aromatic nitrogens is 4. The average molecular weight is 380 g/mol. The molecular formula is C15H11Cl2N5OS. The van der Waals surface area contributed by atoms with E-state index in [9.17, 15) is 4.79 Å². The molecule has 122 valence electrons. The average Bonchev–Trinajstić information content (AvgIpc) is 3.04. The van der Waals surface area contributed by atoms with Crippen molar-refractivity contribution in [2.24, 2.45) is 0 Å². The van der Waals surface area contributed by atoms with Crippen LogP contribution in [0.4, 0.5) is 5.69 Å². The van der Waals surface area contributed by atoms with Crippen molar-refractivity contribution < 1.29 is 4.79 Å². The molecule has 0 aliphatic rings. The Hall–Kier alpha value is -2.09. The number of nitrogens with zero attached hydrogens (tertiary/aromatic N) is 4. The topological polar surface area (TPSA) is 72.7 Å². The van der Waals surface area contributed by atoms with Gasteiger partial charge in [0.05, 0.1) is 17.1 Å². The highest BCUT2D eigenvalue weighted by Crippen LogP contribution is 2.22. The Balaban J connectivity index is 1.67. The lowest BCUT2D eigenvalue weighted by atomic mass is 10.3. The summed E-state index contributed by atoms with van der Waals surface area (Å²) in [5, 5.41) is 12.1. The van der Waals surface area contributed by atoms with Crippen LogP contribution >= 0.6 is 35.0 Å². The molecule has 0 saturated carbocycles. The van der Waals surface area contributed by atoms with Gasteiger partial charge in [0.2, 0.25) is 5.91 Å². The first kappa shape index (κ1) is 16.8. The Bertz CT molecular complexity index is 870. The number of carbonyl (C=O) groups is 1. The number of thioether (sulfide) groups is 1. The molecule has 0 aliphatic heterocycles. The fourth-order valence-electron chi connectivity index (χ4n) is 1.92. The molecule has 6 nitrogen and oxygen atoms in total. The maximum absolute atomic E-state index is 12.1. The Labute approximate surface area is 152 Å². The molecule has 9 heteroatoms. The lowest BCUT2D eigenvalue weighted by Gasteiger charge is -2.07. The van der Waals surface area contributed by atoms with E-state index in [1.54, 1.807) is 41.4 Å². The molecule has 0 aliphatic carbocycles. The van der Waals surface area contributed by atoms with Crippen LogP contribution in [0.1, 0.15) is 0 Å². The Morgan fingerprint density at radius 1 is 1.25 bits per heavy atom. The van der Waals surface area contributed by atoms with E-state index in [1.165, 1.54) is 11.8 Å². The largest absolute Gasteiger partial charge is 0.323 e. The van der Waals surface area contributed by atoms with Crippen molar-refractivity contribution in [3.63, 3.8) is 0 Å². The van der Waals surface area contributed by atoms with E-state index in [-0.39, 0.29) is 16.8 Å². The van der Waals surface area contributed by atoms with Gasteiger partial charge in [0.1, 0.15) is 6.33 Å². The minimum atomic E-state index is -0.212. The van der Waals surface area contributed by atoms with Crippen molar-refractivity contribution in [2.75, 3.05) is 11.1 Å². The zero-order chi connectivity index (χ0) is 16.9. The summed E-state index contributed by atoms with van der Waals surface area (Å²) >= 11 is 13.2. The van der Waals surface area contributed by atoms with Crippen LogP contribution in [0.5, 0.6) is 0 Å². The van der Waals surface area contributed by atoms with Crippen LogP contribution in [0.25, 0.3) is 5.69 Å². The molecule has 1 aromatic carbocycles. The summed E-state index contributed by atoms with van der Waals surface area (Å²) in [7, 11) is 0. The Kier molecular flexibility index (Phi) is 5.34. The molecule has 0 bridgehead atoms. The lowest BCUT2D eigenvalue weighted by molar-refractivity contribution is -0.113. The number of pyridine rings is 1. The van der Waals surface area contributed by atoms with Crippen LogP contribution in [0.15, 0.2) is 54.1 Å². The van der Waals surface area contributed by atoms with Gasteiger partial charge in [-0.15, -0.1) is 10.2 Å². The molecule has 3 rings (SSSR count). The minimum Gasteiger partial charge on any atom is -0.323 e. The number of anilines is 1. The predicted octanol–water partition coefficient (Wildman–Crippen LogP) is 3.70. The van der Waals surface area contributed by atoms with Gasteiger partial charge >= 0.3 is 0 Å². The maximum atomic E-state index is 12.1. The van der Waals surface area contributed by atoms with Gasteiger partial charge in [-0.05, 0) is 30.3 Å². The van der Waals surface area contributed by atoms with Crippen LogP contribution < -0.4 is 5.32 Å². The highest BCUT2D eigenvalue weighted by atomic mass is 35.5. The van der Waals surface area contributed by atoms with Gasteiger partial charge in [-0.3, -0.25) is 9.36 Å². The third kappa shape index (κ3) is 4.05. The third-order valence-corrected chi connectivity index (χ3v) is 4.45. The second kappa shape index (κ2) is 7.65. The van der Waals surface area contributed by atoms with Gasteiger partial charge < -0.3 is 5.32 Å². The minimum absolute atomic E-state index is 0.157. The molecule has 1 amide bonds. The quantitative estimate of drug-likeness (QED) is 0.540. The number of benzene rings is 1. The van der Waals surface area contributed by atoms with Gasteiger partial charge in [-0.2, -0.15) is 0 Å². The lowest BCUT2D eigenvalue weighted by Crippen LogP contribution is -2.15. The highest BCUT2D eigenvalue weighted by molar-refractivity contribution is 7.99. The third-order valence-electron chi connectivity index (χ3n) is 2.97. The number of hydrogen-bond donors (Lipinski definition) is 1. The van der Waals surface area contributed by atoms with Crippen LogP contribution in [0.2, 0.25) is 10.2 Å². The van der Waals surface area contributed by atoms with E-state index in [1.807, 2.05) is 12.1 Å². The summed E-state index contributed by atoms with van der Waals surface area (Å²) in [5.41, 5.74) is 1.30. The summed E-state index contributed by atoms with van der Waals surface area (Å²) < 4.78 is 1.76. The summed E-state index contributed by atoms with van der Waals surface area (Å²) in [4.78, 5) is 16.0. The number of carbonyl (C=O) groups excluding carboxylic acids is 1. The van der Waals surface area contributed by atoms with Crippen molar-refractivity contribution in [3.8, 4) is 5.69 Å². The number of halogens is 2. The molecule has 2 heterocycles. The van der Waals surface area contributed by atoms with Gasteiger partial charge in [0.15, 0.2) is 10.3 Å². The molecule has 0 saturated heterocycles. The summed E-state index contributed by atoms with van der Waals surface area (Å²) in [5.74, 6) is -0.0552. The number of rotatable bonds is 5. The summed E-state index contributed by atoms with van der Waals surface area (Å²) in [6.07, 6.45) is 3.13. The smallest absolute Gasteiger partial charge is 0.234 e. The van der Waals surface area contributed by atoms with Gasteiger partial charge in [-0.25, -0.2) is 4.98 Å². The second-order valence-electron chi connectivity index (χ2n) is 4.64. The van der Waals surface area contributed by atoms with Crippen LogP contribution in [0.3, 0.4) is 0 Å². The molecule has 0 unspecified atom stereocenters. The Morgan fingerprint density at radius 2 is 2.12 bits per heavy atom. The van der Waals surface area contributed by atoms with Crippen molar-refractivity contribution in [1.29, 1.82) is 0 Å². The van der Waals surface area contributed by atoms with Crippen LogP contribution in [-0.4, -0.2) is 31.4 Å². The molecule has 3 aromatic rings. The first-order chi connectivity index (χ1) is 11.6. The standard InChI is InChI=1S/C15H11Cl2N5OS/c16-10-3-1-4-11(7-10)22-9-19-21-15(22)24-8-13(23)20-12-5-2-6-18-14(12)17/h1-7,9H,8H2,(H,20,23). The van der Waals surface area contributed by atoms with Crippen molar-refractivity contribution in [2.45, 2.75) is 5.16 Å². The maximum Gasteiger partial charge on any atom is 0.234 e. The van der Waals surface area contributed by atoms with E-state index in [2.05, 4.69) is 20.5 Å². The molecule has 0 radical (unpaired) electrons. The molecule has 1 N–H and O–H groups in total. The van der Waals surface area contributed by atoms with E-state index >= 15 is 0 Å². The molecule has 0 fully saturated rings. The molecule has 0 atom stereocenters. The van der Waals surface area contributed by atoms with Crippen LogP contribution in [0, 0.1) is 0 Å². The van der Waals surface area contributed by atoms with Gasteiger partial charge in [-0.1, -0.05) is 41.0 Å². The normalized spacial score (nSPS) is 10.6. The zero-order valence-corrected chi connectivity index (χ0v) is 14.5. The van der Waals surface area contributed by atoms with E-state index in [4.69, 9.17) is 23.2 Å². The van der Waals surface area contributed by atoms with Gasteiger partial charge in [0.25, 0.3) is 0 Å². The number of hydrogen-bond acceptors (Lipinski definition) is 5. The second-order valence-corrected chi connectivity index (χ2v) is 6.38. The van der Waals surface area contributed by atoms with E-state index < -0.39 is 0 Å². The Morgan fingerprint density at radius 3 is 2.92 bits per heavy atom. The monoisotopic (exact) mass is 379 g/mol. The van der Waals surface area contributed by atoms with Crippen molar-refractivity contribution in [3.05, 3.63) is 59.1 Å². The number of amides is 1. The SMILES string of the molecule is O=C(CSc1nncn1-c1cccc(Cl)c1)Nc1cccnc1Cl. The van der Waals surface area contributed by atoms with Gasteiger partial charge in [0, 0.05) is 11.2 Å². The fourth-order valence-corrected chi connectivity index (χ4v) is 3.00. The first-order valence-electron chi connectivity index (χ1n) is 6.82. The summed E-state index contributed by atoms with van der Waals surface area (Å²) in [6.45, 7) is 0. The molecule has 24 heavy (non-hydrogen) atoms. The molecular weight excluding hydrogens is 369 g/mol. The fraction of sp³-hybridized carbons (Fsp3) is 0.0667. The molecule has 0 spiro atoms. The predicted molar refractivity (Wildman–Crippen MR) is 95.0 cm³/mol. The summed E-state index contributed by atoms with van der Waals surface area (Å²) in [6, 6.07) is 10.7. The van der Waals surface area contributed by atoms with Crippen molar-refractivity contribution in [1.82, 2.24) is 19.7 Å². The number of nitrogens with one attached hydrogen (secondary N) is 1. The van der Waals surface area contributed by atoms with E-state index in [0.29, 0.717) is 15.9 Å². The molecule has 2 aromatic heterocycles. The first-order valence-corrected chi connectivity index (χ1v) is 8.57. The van der Waals surface area contributed by atoms with Crippen molar-refractivity contribution >= 4 is 46.6 Å². The highest BCUT2D eigenvalue weighted by Gasteiger charge is 2.11. The van der Waals surface area contributed by atoms with Crippen LogP contribution in [-0.2, 0) is 4.79 Å². The van der Waals surface area contributed by atoms with E-state index in [0.717, 1.165) is 5.69 Å². The zero-order valence-electron chi connectivity index (χ0n) is 12.2.